The summed E-state index contributed by atoms with van der Waals surface area (Å²) in [6, 6.07) is 11.1. The van der Waals surface area contributed by atoms with Crippen LogP contribution in [-0.2, 0) is 0 Å². The quantitative estimate of drug-likeness (QED) is 0.857. The van der Waals surface area contributed by atoms with Crippen LogP contribution in [0.2, 0.25) is 0 Å². The van der Waals surface area contributed by atoms with E-state index in [0.29, 0.717) is 11.7 Å². The van der Waals surface area contributed by atoms with Gasteiger partial charge < -0.3 is 9.84 Å². The number of benzene rings is 2. The predicted octanol–water partition coefficient (Wildman–Crippen LogP) is 4.83. The SMILES string of the molecule is CCC(C)c1ccc(Oc2c(F)cccc2C(=O)O)cc1. The summed E-state index contributed by atoms with van der Waals surface area (Å²) in [6.07, 6.45) is 1.02. The molecule has 0 aromatic heterocycles. The van der Waals surface area contributed by atoms with Crippen LogP contribution in [0.3, 0.4) is 0 Å². The van der Waals surface area contributed by atoms with Crippen molar-refractivity contribution in [1.82, 2.24) is 0 Å². The predicted molar refractivity (Wildman–Crippen MR) is 78.6 cm³/mol. The molecule has 0 saturated carbocycles. The van der Waals surface area contributed by atoms with Gasteiger partial charge in [0.05, 0.1) is 0 Å². The van der Waals surface area contributed by atoms with Gasteiger partial charge in [-0.3, -0.25) is 0 Å². The van der Waals surface area contributed by atoms with E-state index in [0.717, 1.165) is 12.0 Å². The molecule has 110 valence electrons. The maximum atomic E-state index is 13.8. The number of carboxylic acid groups (broad SMARTS) is 1. The summed E-state index contributed by atoms with van der Waals surface area (Å²) in [6.45, 7) is 4.23. The second-order valence-corrected chi connectivity index (χ2v) is 4.90. The van der Waals surface area contributed by atoms with Crippen LogP contribution in [0.5, 0.6) is 11.5 Å². The Bertz CT molecular complexity index is 635. The van der Waals surface area contributed by atoms with Crippen molar-refractivity contribution in [3.63, 3.8) is 0 Å². The minimum absolute atomic E-state index is 0.194. The minimum atomic E-state index is -1.22. The van der Waals surface area contributed by atoms with Gasteiger partial charge in [0.1, 0.15) is 11.3 Å². The molecule has 0 radical (unpaired) electrons. The van der Waals surface area contributed by atoms with Crippen LogP contribution in [0.25, 0.3) is 0 Å². The molecule has 1 N–H and O–H groups in total. The van der Waals surface area contributed by atoms with Crippen LogP contribution in [0, 0.1) is 5.82 Å². The van der Waals surface area contributed by atoms with Gasteiger partial charge in [-0.2, -0.15) is 0 Å². The monoisotopic (exact) mass is 288 g/mol. The van der Waals surface area contributed by atoms with Gasteiger partial charge in [-0.1, -0.05) is 32.0 Å². The topological polar surface area (TPSA) is 46.5 Å². The van der Waals surface area contributed by atoms with Gasteiger partial charge in [-0.05, 0) is 42.2 Å². The van der Waals surface area contributed by atoms with E-state index in [1.807, 2.05) is 12.1 Å². The van der Waals surface area contributed by atoms with E-state index >= 15 is 0 Å². The number of hydrogen-bond donors (Lipinski definition) is 1. The molecule has 0 aliphatic heterocycles. The summed E-state index contributed by atoms with van der Waals surface area (Å²) in [5.74, 6) is -1.33. The van der Waals surface area contributed by atoms with E-state index in [1.165, 1.54) is 18.2 Å². The number of rotatable bonds is 5. The molecule has 3 nitrogen and oxygen atoms in total. The number of aromatic carboxylic acids is 1. The fourth-order valence-corrected chi connectivity index (χ4v) is 2.00. The fraction of sp³-hybridized carbons (Fsp3) is 0.235. The minimum Gasteiger partial charge on any atom is -0.478 e. The molecule has 0 amide bonds. The Kier molecular flexibility index (Phi) is 4.58. The van der Waals surface area contributed by atoms with Crippen LogP contribution >= 0.6 is 0 Å². The van der Waals surface area contributed by atoms with Crippen molar-refractivity contribution in [2.75, 3.05) is 0 Å². The summed E-state index contributed by atoms with van der Waals surface area (Å²) in [4.78, 5) is 11.1. The highest BCUT2D eigenvalue weighted by Crippen LogP contribution is 2.29. The Balaban J connectivity index is 2.28. The van der Waals surface area contributed by atoms with Gasteiger partial charge >= 0.3 is 5.97 Å². The second-order valence-electron chi connectivity index (χ2n) is 4.90. The summed E-state index contributed by atoms with van der Waals surface area (Å²) in [5.41, 5.74) is 0.970. The first-order valence-corrected chi connectivity index (χ1v) is 6.82. The molecule has 2 rings (SSSR count). The Labute approximate surface area is 123 Å². The lowest BCUT2D eigenvalue weighted by Crippen LogP contribution is -2.02. The van der Waals surface area contributed by atoms with Crippen LogP contribution in [0.15, 0.2) is 42.5 Å². The van der Waals surface area contributed by atoms with Gasteiger partial charge in [-0.25, -0.2) is 9.18 Å². The number of carboxylic acids is 1. The molecule has 1 unspecified atom stereocenters. The number of carbonyl (C=O) groups is 1. The number of halogens is 1. The van der Waals surface area contributed by atoms with Crippen molar-refractivity contribution < 1.29 is 19.0 Å². The maximum absolute atomic E-state index is 13.8. The van der Waals surface area contributed by atoms with Crippen LogP contribution in [-0.4, -0.2) is 11.1 Å². The molecule has 0 aliphatic rings. The first kappa shape index (κ1) is 15.0. The standard InChI is InChI=1S/C17H17FO3/c1-3-11(2)12-7-9-13(10-8-12)21-16-14(17(19)20)5-4-6-15(16)18/h4-11H,3H2,1-2H3,(H,19,20). The molecule has 0 fully saturated rings. The molecule has 0 saturated heterocycles. The third-order valence-corrected chi connectivity index (χ3v) is 3.48. The van der Waals surface area contributed by atoms with Crippen molar-refractivity contribution in [2.45, 2.75) is 26.2 Å². The van der Waals surface area contributed by atoms with E-state index in [9.17, 15) is 9.18 Å². The molecule has 0 heterocycles. The molecule has 0 spiro atoms. The van der Waals surface area contributed by atoms with E-state index in [4.69, 9.17) is 9.84 Å². The highest BCUT2D eigenvalue weighted by Gasteiger charge is 2.16. The number of hydrogen-bond acceptors (Lipinski definition) is 2. The normalized spacial score (nSPS) is 12.0. The van der Waals surface area contributed by atoms with Gasteiger partial charge in [0.15, 0.2) is 11.6 Å². The van der Waals surface area contributed by atoms with Crippen LogP contribution in [0.1, 0.15) is 42.1 Å². The molecular weight excluding hydrogens is 271 g/mol. The van der Waals surface area contributed by atoms with Gasteiger partial charge in [-0.15, -0.1) is 0 Å². The lowest BCUT2D eigenvalue weighted by Gasteiger charge is -2.12. The van der Waals surface area contributed by atoms with Crippen molar-refractivity contribution in [3.8, 4) is 11.5 Å². The molecule has 2 aromatic rings. The Hall–Kier alpha value is -2.36. The van der Waals surface area contributed by atoms with Crippen molar-refractivity contribution in [3.05, 3.63) is 59.4 Å². The summed E-state index contributed by atoms with van der Waals surface area (Å²) in [5, 5.41) is 9.07. The van der Waals surface area contributed by atoms with E-state index in [1.54, 1.807) is 12.1 Å². The lowest BCUT2D eigenvalue weighted by molar-refractivity contribution is 0.0693. The highest BCUT2D eigenvalue weighted by molar-refractivity contribution is 5.91. The van der Waals surface area contributed by atoms with Crippen molar-refractivity contribution in [1.29, 1.82) is 0 Å². The zero-order valence-corrected chi connectivity index (χ0v) is 12.0. The van der Waals surface area contributed by atoms with Crippen LogP contribution in [0.4, 0.5) is 4.39 Å². The fourth-order valence-electron chi connectivity index (χ4n) is 2.00. The molecule has 0 aliphatic carbocycles. The second kappa shape index (κ2) is 6.39. The van der Waals surface area contributed by atoms with Gasteiger partial charge in [0.2, 0.25) is 0 Å². The Morgan fingerprint density at radius 1 is 1.24 bits per heavy atom. The number of para-hydroxylation sites is 1. The molecule has 0 bridgehead atoms. The molecular formula is C17H17FO3. The number of ether oxygens (including phenoxy) is 1. The molecule has 21 heavy (non-hydrogen) atoms. The van der Waals surface area contributed by atoms with Gasteiger partial charge in [0, 0.05) is 0 Å². The van der Waals surface area contributed by atoms with Gasteiger partial charge in [0.25, 0.3) is 0 Å². The Morgan fingerprint density at radius 2 is 1.90 bits per heavy atom. The largest absolute Gasteiger partial charge is 0.478 e. The summed E-state index contributed by atoms with van der Waals surface area (Å²) < 4.78 is 19.2. The molecule has 2 aromatic carbocycles. The summed E-state index contributed by atoms with van der Waals surface area (Å²) >= 11 is 0. The maximum Gasteiger partial charge on any atom is 0.339 e. The van der Waals surface area contributed by atoms with Crippen molar-refractivity contribution >= 4 is 5.97 Å². The smallest absolute Gasteiger partial charge is 0.339 e. The highest BCUT2D eigenvalue weighted by atomic mass is 19.1. The van der Waals surface area contributed by atoms with Crippen LogP contribution < -0.4 is 4.74 Å². The Morgan fingerprint density at radius 3 is 2.48 bits per heavy atom. The van der Waals surface area contributed by atoms with E-state index < -0.39 is 11.8 Å². The first-order chi connectivity index (χ1) is 10.0. The summed E-state index contributed by atoms with van der Waals surface area (Å²) in [7, 11) is 0. The molecule has 1 atom stereocenters. The van der Waals surface area contributed by atoms with E-state index in [-0.39, 0.29) is 11.3 Å². The zero-order valence-electron chi connectivity index (χ0n) is 12.0. The third kappa shape index (κ3) is 3.40. The van der Waals surface area contributed by atoms with Crippen molar-refractivity contribution in [2.24, 2.45) is 0 Å². The zero-order chi connectivity index (χ0) is 15.4. The average Bonchev–Trinajstić information content (AvgIpc) is 2.49. The third-order valence-electron chi connectivity index (χ3n) is 3.48. The first-order valence-electron chi connectivity index (χ1n) is 6.82. The lowest BCUT2D eigenvalue weighted by atomic mass is 9.99. The average molecular weight is 288 g/mol. The van der Waals surface area contributed by atoms with E-state index in [2.05, 4.69) is 13.8 Å². The molecule has 4 heteroatoms.